The zero-order valence-corrected chi connectivity index (χ0v) is 17.0. The van der Waals surface area contributed by atoms with E-state index >= 15 is 0 Å². The van der Waals surface area contributed by atoms with Gasteiger partial charge in [-0.15, -0.1) is 0 Å². The normalized spacial score (nSPS) is 18.2. The van der Waals surface area contributed by atoms with E-state index < -0.39 is 0 Å². The molecule has 0 spiro atoms. The molecule has 1 aliphatic rings. The highest BCUT2D eigenvalue weighted by Crippen LogP contribution is 2.21. The van der Waals surface area contributed by atoms with Crippen molar-refractivity contribution in [3.05, 3.63) is 59.7 Å². The molecule has 1 saturated heterocycles. The van der Waals surface area contributed by atoms with E-state index in [0.717, 1.165) is 50.6 Å². The minimum atomic E-state index is 0.223. The number of hydrogen-bond acceptors (Lipinski definition) is 5. The third kappa shape index (κ3) is 5.71. The second kappa shape index (κ2) is 10.5. The van der Waals surface area contributed by atoms with Crippen molar-refractivity contribution < 1.29 is 14.6 Å². The van der Waals surface area contributed by atoms with E-state index in [-0.39, 0.29) is 6.61 Å². The molecule has 152 valence electrons. The van der Waals surface area contributed by atoms with Crippen molar-refractivity contribution in [3.63, 3.8) is 0 Å². The number of hydrogen-bond donors (Lipinski definition) is 1. The maximum absolute atomic E-state index is 9.56. The molecule has 1 unspecified atom stereocenters. The summed E-state index contributed by atoms with van der Waals surface area (Å²) in [6, 6.07) is 17.0. The highest BCUT2D eigenvalue weighted by molar-refractivity contribution is 5.28. The largest absolute Gasteiger partial charge is 0.497 e. The Hall–Kier alpha value is -2.08. The summed E-state index contributed by atoms with van der Waals surface area (Å²) in [5, 5.41) is 9.56. The number of aliphatic hydroxyl groups is 1. The van der Waals surface area contributed by atoms with Gasteiger partial charge in [0.1, 0.15) is 11.5 Å². The van der Waals surface area contributed by atoms with Crippen molar-refractivity contribution in [2.75, 3.05) is 40.0 Å². The zero-order chi connectivity index (χ0) is 19.8. The van der Waals surface area contributed by atoms with Crippen LogP contribution >= 0.6 is 0 Å². The van der Waals surface area contributed by atoms with Gasteiger partial charge >= 0.3 is 0 Å². The van der Waals surface area contributed by atoms with Crippen LogP contribution in [0, 0.1) is 0 Å². The van der Waals surface area contributed by atoms with E-state index in [9.17, 15) is 5.11 Å². The van der Waals surface area contributed by atoms with Gasteiger partial charge in [-0.25, -0.2) is 0 Å². The maximum atomic E-state index is 9.56. The summed E-state index contributed by atoms with van der Waals surface area (Å²) >= 11 is 0. The fraction of sp³-hybridized carbons (Fsp3) is 0.478. The second-order valence-electron chi connectivity index (χ2n) is 7.30. The van der Waals surface area contributed by atoms with Gasteiger partial charge in [-0.3, -0.25) is 9.80 Å². The minimum absolute atomic E-state index is 0.223. The molecule has 0 amide bonds. The fourth-order valence-corrected chi connectivity index (χ4v) is 3.81. The van der Waals surface area contributed by atoms with E-state index in [0.29, 0.717) is 12.6 Å². The van der Waals surface area contributed by atoms with Crippen LogP contribution in [0.1, 0.15) is 24.5 Å². The zero-order valence-electron chi connectivity index (χ0n) is 17.0. The van der Waals surface area contributed by atoms with Crippen molar-refractivity contribution in [1.29, 1.82) is 0 Å². The van der Waals surface area contributed by atoms with E-state index in [1.54, 1.807) is 7.11 Å². The molecule has 0 radical (unpaired) electrons. The molecule has 3 rings (SSSR count). The van der Waals surface area contributed by atoms with E-state index in [2.05, 4.69) is 34.1 Å². The summed E-state index contributed by atoms with van der Waals surface area (Å²) in [7, 11) is 1.69. The number of aliphatic hydroxyl groups excluding tert-OH is 1. The predicted molar refractivity (Wildman–Crippen MR) is 112 cm³/mol. The molecule has 1 N–H and O–H groups in total. The number of piperazine rings is 1. The summed E-state index contributed by atoms with van der Waals surface area (Å²) in [6.07, 6.45) is 0.802. The molecule has 5 nitrogen and oxygen atoms in total. The van der Waals surface area contributed by atoms with E-state index in [1.165, 1.54) is 11.1 Å². The number of nitrogens with zero attached hydrogens (tertiary/aromatic N) is 2. The molecule has 28 heavy (non-hydrogen) atoms. The van der Waals surface area contributed by atoms with Gasteiger partial charge < -0.3 is 14.6 Å². The summed E-state index contributed by atoms with van der Waals surface area (Å²) in [6.45, 7) is 7.77. The number of benzene rings is 2. The van der Waals surface area contributed by atoms with Crippen LogP contribution in [0.4, 0.5) is 0 Å². The average Bonchev–Trinajstić information content (AvgIpc) is 2.72. The molecular formula is C23H32N2O3. The van der Waals surface area contributed by atoms with Crippen molar-refractivity contribution in [2.45, 2.75) is 32.5 Å². The molecule has 5 heteroatoms. The lowest BCUT2D eigenvalue weighted by Gasteiger charge is -2.41. The van der Waals surface area contributed by atoms with Crippen LogP contribution in [-0.4, -0.2) is 60.9 Å². The first kappa shape index (κ1) is 20.6. The molecule has 2 aromatic carbocycles. The molecule has 0 saturated carbocycles. The van der Waals surface area contributed by atoms with Gasteiger partial charge in [-0.2, -0.15) is 0 Å². The van der Waals surface area contributed by atoms with Gasteiger partial charge in [0.2, 0.25) is 0 Å². The molecule has 1 heterocycles. The van der Waals surface area contributed by atoms with E-state index in [4.69, 9.17) is 9.47 Å². The van der Waals surface area contributed by atoms with Gasteiger partial charge in [-0.05, 0) is 48.7 Å². The van der Waals surface area contributed by atoms with Crippen LogP contribution in [0.5, 0.6) is 11.5 Å². The van der Waals surface area contributed by atoms with E-state index in [1.807, 2.05) is 31.2 Å². The second-order valence-corrected chi connectivity index (χ2v) is 7.30. The Morgan fingerprint density at radius 2 is 1.57 bits per heavy atom. The molecule has 1 fully saturated rings. The van der Waals surface area contributed by atoms with Crippen molar-refractivity contribution in [3.8, 4) is 11.5 Å². The third-order valence-electron chi connectivity index (χ3n) is 5.34. The summed E-state index contributed by atoms with van der Waals surface area (Å²) < 4.78 is 10.8. The van der Waals surface area contributed by atoms with Gasteiger partial charge in [0, 0.05) is 45.4 Å². The standard InChI is InChI=1S/C23H32N2O3/c1-3-28-23-10-6-20(7-11-23)17-25-14-13-24(18-21(25)12-15-26)16-19-4-8-22(27-2)9-5-19/h4-11,21,26H,3,12-18H2,1-2H3. The van der Waals surface area contributed by atoms with Crippen LogP contribution in [0.15, 0.2) is 48.5 Å². The first-order valence-electron chi connectivity index (χ1n) is 10.1. The Bertz CT molecular complexity index is 703. The fourth-order valence-electron chi connectivity index (χ4n) is 3.81. The van der Waals surface area contributed by atoms with Gasteiger partial charge in [0.25, 0.3) is 0 Å². The number of ether oxygens (including phenoxy) is 2. The lowest BCUT2D eigenvalue weighted by Crippen LogP contribution is -2.52. The Kier molecular flexibility index (Phi) is 7.71. The SMILES string of the molecule is CCOc1ccc(CN2CCN(Cc3ccc(OC)cc3)CC2CCO)cc1. The Morgan fingerprint density at radius 3 is 2.18 bits per heavy atom. The summed E-state index contributed by atoms with van der Waals surface area (Å²) in [4.78, 5) is 4.98. The number of methoxy groups -OCH3 is 1. The maximum Gasteiger partial charge on any atom is 0.119 e. The smallest absolute Gasteiger partial charge is 0.119 e. The topological polar surface area (TPSA) is 45.2 Å². The number of rotatable bonds is 9. The molecule has 0 aliphatic carbocycles. The monoisotopic (exact) mass is 384 g/mol. The highest BCUT2D eigenvalue weighted by Gasteiger charge is 2.26. The lowest BCUT2D eigenvalue weighted by atomic mass is 10.1. The predicted octanol–water partition coefficient (Wildman–Crippen LogP) is 3.16. The Morgan fingerprint density at radius 1 is 0.929 bits per heavy atom. The Balaban J connectivity index is 1.58. The van der Waals surface area contributed by atoms with Gasteiger partial charge in [0.15, 0.2) is 0 Å². The molecule has 2 aromatic rings. The van der Waals surface area contributed by atoms with Crippen molar-refractivity contribution in [2.24, 2.45) is 0 Å². The highest BCUT2D eigenvalue weighted by atomic mass is 16.5. The molecule has 0 aromatic heterocycles. The lowest BCUT2D eigenvalue weighted by molar-refractivity contribution is 0.0499. The average molecular weight is 385 g/mol. The quantitative estimate of drug-likeness (QED) is 0.720. The first-order valence-corrected chi connectivity index (χ1v) is 10.1. The van der Waals surface area contributed by atoms with Crippen LogP contribution in [0.2, 0.25) is 0 Å². The van der Waals surface area contributed by atoms with Gasteiger partial charge in [0.05, 0.1) is 13.7 Å². The first-order chi connectivity index (χ1) is 13.7. The minimum Gasteiger partial charge on any atom is -0.497 e. The van der Waals surface area contributed by atoms with Crippen LogP contribution in [-0.2, 0) is 13.1 Å². The summed E-state index contributed by atoms with van der Waals surface area (Å²) in [5.41, 5.74) is 2.58. The molecule has 0 bridgehead atoms. The van der Waals surface area contributed by atoms with Crippen molar-refractivity contribution >= 4 is 0 Å². The third-order valence-corrected chi connectivity index (χ3v) is 5.34. The molecule has 1 aliphatic heterocycles. The van der Waals surface area contributed by atoms with Crippen LogP contribution in [0.3, 0.4) is 0 Å². The van der Waals surface area contributed by atoms with Gasteiger partial charge in [-0.1, -0.05) is 24.3 Å². The summed E-state index contributed by atoms with van der Waals surface area (Å²) in [5.74, 6) is 1.81. The van der Waals surface area contributed by atoms with Crippen LogP contribution < -0.4 is 9.47 Å². The molecule has 1 atom stereocenters. The van der Waals surface area contributed by atoms with Crippen molar-refractivity contribution in [1.82, 2.24) is 9.80 Å². The Labute approximate surface area is 168 Å². The molecular weight excluding hydrogens is 352 g/mol. The van der Waals surface area contributed by atoms with Crippen LogP contribution in [0.25, 0.3) is 0 Å².